The van der Waals surface area contributed by atoms with E-state index in [0.717, 1.165) is 38.5 Å². The maximum absolute atomic E-state index is 13.9. The number of benzene rings is 2. The van der Waals surface area contributed by atoms with Crippen LogP contribution in [0.15, 0.2) is 48.8 Å². The SMILES string of the molecule is [B]C(Nc1cc(Cl)c2ncc(C#N)c(N[C@H]3CCCC[C@H]3NC(=O)OC(C)(C)C)c2c1)(c1ccc(F)cc1)c1cn(C2CC2)nn1. The fourth-order valence-corrected chi connectivity index (χ4v) is 6.16. The van der Waals surface area contributed by atoms with Gasteiger partial charge in [-0.2, -0.15) is 5.26 Å². The van der Waals surface area contributed by atoms with Crippen molar-refractivity contribution >= 4 is 47.8 Å². The van der Waals surface area contributed by atoms with Crippen molar-refractivity contribution in [2.45, 2.75) is 88.5 Å². The Morgan fingerprint density at radius 3 is 2.52 bits per heavy atom. The Kier molecular flexibility index (Phi) is 8.55. The van der Waals surface area contributed by atoms with Crippen LogP contribution in [-0.2, 0) is 10.2 Å². The van der Waals surface area contributed by atoms with Crippen molar-refractivity contribution in [2.75, 3.05) is 10.6 Å². The zero-order chi connectivity index (χ0) is 32.6. The number of fused-ring (bicyclic) bond motifs is 1. The first kappa shape index (κ1) is 31.6. The number of nitrogens with one attached hydrogen (secondary N) is 3. The first-order chi connectivity index (χ1) is 21.9. The summed E-state index contributed by atoms with van der Waals surface area (Å²) >= 11 is 6.82. The predicted octanol–water partition coefficient (Wildman–Crippen LogP) is 6.55. The van der Waals surface area contributed by atoms with E-state index >= 15 is 0 Å². The molecule has 0 bridgehead atoms. The average molecular weight is 641 g/mol. The monoisotopic (exact) mass is 640 g/mol. The van der Waals surface area contributed by atoms with E-state index in [0.29, 0.717) is 44.1 Å². The van der Waals surface area contributed by atoms with Gasteiger partial charge < -0.3 is 20.7 Å². The lowest BCUT2D eigenvalue weighted by atomic mass is 9.69. The quantitative estimate of drug-likeness (QED) is 0.185. The van der Waals surface area contributed by atoms with Crippen molar-refractivity contribution in [3.63, 3.8) is 0 Å². The number of nitriles is 1. The molecule has 46 heavy (non-hydrogen) atoms. The molecule has 3 N–H and O–H groups in total. The summed E-state index contributed by atoms with van der Waals surface area (Å²) < 4.78 is 21.3. The van der Waals surface area contributed by atoms with Gasteiger partial charge in [-0.25, -0.2) is 13.9 Å². The van der Waals surface area contributed by atoms with Gasteiger partial charge in [-0.15, -0.1) is 5.10 Å². The van der Waals surface area contributed by atoms with Crippen LogP contribution in [0.1, 0.15) is 82.2 Å². The molecule has 2 aliphatic carbocycles. The van der Waals surface area contributed by atoms with Gasteiger partial charge in [-0.3, -0.25) is 4.98 Å². The molecular weight excluding hydrogens is 606 g/mol. The Labute approximate surface area is 273 Å². The minimum absolute atomic E-state index is 0.181. The minimum atomic E-state index is -1.41. The number of pyridine rings is 1. The molecule has 2 aromatic carbocycles. The van der Waals surface area contributed by atoms with Crippen LogP contribution in [0.4, 0.5) is 20.6 Å². The van der Waals surface area contributed by atoms with Gasteiger partial charge in [0.15, 0.2) is 0 Å². The van der Waals surface area contributed by atoms with Crippen molar-refractivity contribution in [3.05, 3.63) is 76.5 Å². The van der Waals surface area contributed by atoms with E-state index in [1.54, 1.807) is 29.1 Å². The number of hydrogen-bond donors (Lipinski definition) is 3. The third-order valence-electron chi connectivity index (χ3n) is 8.32. The van der Waals surface area contributed by atoms with Crippen LogP contribution in [0.5, 0.6) is 0 Å². The molecule has 10 nitrogen and oxygen atoms in total. The second-order valence-corrected chi connectivity index (χ2v) is 13.5. The third kappa shape index (κ3) is 6.75. The summed E-state index contributed by atoms with van der Waals surface area (Å²) in [6.07, 6.45) is 8.28. The topological polar surface area (TPSA) is 130 Å². The summed E-state index contributed by atoms with van der Waals surface area (Å²) in [5.41, 5.74) is 0.864. The van der Waals surface area contributed by atoms with Gasteiger partial charge in [-0.1, -0.05) is 41.8 Å². The number of hydrogen-bond acceptors (Lipinski definition) is 8. The summed E-state index contributed by atoms with van der Waals surface area (Å²) in [5.74, 6) is -0.394. The molecule has 1 unspecified atom stereocenters. The molecule has 2 fully saturated rings. The van der Waals surface area contributed by atoms with Crippen LogP contribution in [-0.4, -0.2) is 51.6 Å². The summed E-state index contributed by atoms with van der Waals surface area (Å²) in [6, 6.07) is 11.5. The van der Waals surface area contributed by atoms with Crippen molar-refractivity contribution in [2.24, 2.45) is 0 Å². The van der Waals surface area contributed by atoms with Gasteiger partial charge >= 0.3 is 6.09 Å². The fraction of sp³-hybridized carbons (Fsp3) is 0.424. The molecule has 0 aliphatic heterocycles. The normalized spacial score (nSPS) is 19.6. The van der Waals surface area contributed by atoms with Crippen molar-refractivity contribution in [1.29, 1.82) is 5.26 Å². The highest BCUT2D eigenvalue weighted by molar-refractivity contribution is 6.36. The first-order valence-electron chi connectivity index (χ1n) is 15.5. The zero-order valence-electron chi connectivity index (χ0n) is 26.0. The summed E-state index contributed by atoms with van der Waals surface area (Å²) in [7, 11) is 7.07. The standard InChI is InChI=1S/C33H35BClFN8O2/c1-32(2,3)46-31(45)40-27-7-5-4-6-26(27)39-29-19(16-37)17-38-30-24(29)14-22(15-25(30)35)41-33(34,20-8-10-21(36)11-9-20)28-18-44(43-42-28)23-12-13-23/h8-11,14-15,17-18,23,26-27,41H,4-7,12-13H2,1-3H3,(H,38,39)(H,40,45)/t26-,27+,33?/m0/s1. The Hall–Kier alpha value is -4.37. The number of ether oxygens (including phenoxy) is 1. The molecule has 2 radical (unpaired) electrons. The molecule has 0 spiro atoms. The number of rotatable bonds is 8. The Morgan fingerprint density at radius 2 is 1.85 bits per heavy atom. The van der Waals surface area contributed by atoms with Gasteiger partial charge in [-0.05, 0) is 76.3 Å². The summed E-state index contributed by atoms with van der Waals surface area (Å²) in [6.45, 7) is 5.46. The number of alkyl carbamates (subject to hydrolysis) is 1. The molecule has 3 atom stereocenters. The lowest BCUT2D eigenvalue weighted by Gasteiger charge is -2.34. The molecule has 13 heteroatoms. The van der Waals surface area contributed by atoms with Gasteiger partial charge in [0.2, 0.25) is 0 Å². The van der Waals surface area contributed by atoms with Crippen LogP contribution in [0, 0.1) is 17.1 Å². The zero-order valence-corrected chi connectivity index (χ0v) is 26.7. The fourth-order valence-electron chi connectivity index (χ4n) is 5.89. The van der Waals surface area contributed by atoms with E-state index in [2.05, 4.69) is 37.3 Å². The highest BCUT2D eigenvalue weighted by Gasteiger charge is 2.35. The van der Waals surface area contributed by atoms with Crippen LogP contribution >= 0.6 is 11.6 Å². The van der Waals surface area contributed by atoms with Crippen LogP contribution in [0.2, 0.25) is 5.02 Å². The first-order valence-corrected chi connectivity index (χ1v) is 15.8. The number of amides is 1. The summed E-state index contributed by atoms with van der Waals surface area (Å²) in [4.78, 5) is 17.2. The average Bonchev–Trinajstić information content (AvgIpc) is 3.73. The maximum atomic E-state index is 13.9. The maximum Gasteiger partial charge on any atom is 0.407 e. The molecule has 2 aromatic heterocycles. The lowest BCUT2D eigenvalue weighted by molar-refractivity contribution is 0.0488. The van der Waals surface area contributed by atoms with E-state index in [1.165, 1.54) is 18.3 Å². The molecule has 236 valence electrons. The second kappa shape index (κ2) is 12.4. The molecular formula is C33H35BClFN8O2. The molecule has 2 aliphatic rings. The number of nitrogens with zero attached hydrogens (tertiary/aromatic N) is 5. The highest BCUT2D eigenvalue weighted by atomic mass is 35.5. The lowest BCUT2D eigenvalue weighted by Crippen LogP contribution is -2.49. The van der Waals surface area contributed by atoms with Crippen molar-refractivity contribution in [3.8, 4) is 6.07 Å². The number of aromatic nitrogens is 4. The molecule has 4 aromatic rings. The van der Waals surface area contributed by atoms with Crippen molar-refractivity contribution in [1.82, 2.24) is 25.3 Å². The van der Waals surface area contributed by atoms with Gasteiger partial charge in [0.25, 0.3) is 0 Å². The molecule has 2 heterocycles. The van der Waals surface area contributed by atoms with Crippen LogP contribution in [0.25, 0.3) is 10.9 Å². The van der Waals surface area contributed by atoms with E-state index in [4.69, 9.17) is 24.2 Å². The highest BCUT2D eigenvalue weighted by Crippen LogP contribution is 2.39. The minimum Gasteiger partial charge on any atom is -0.444 e. The van der Waals surface area contributed by atoms with E-state index in [1.807, 2.05) is 26.8 Å². The van der Waals surface area contributed by atoms with Gasteiger partial charge in [0.1, 0.15) is 31.0 Å². The number of anilines is 2. The molecule has 6 rings (SSSR count). The van der Waals surface area contributed by atoms with Crippen molar-refractivity contribution < 1.29 is 13.9 Å². The Morgan fingerprint density at radius 1 is 1.13 bits per heavy atom. The molecule has 1 amide bonds. The van der Waals surface area contributed by atoms with Crippen LogP contribution < -0.4 is 16.0 Å². The third-order valence-corrected chi connectivity index (χ3v) is 8.61. The van der Waals surface area contributed by atoms with E-state index in [9.17, 15) is 14.4 Å². The number of carbonyl (C=O) groups excluding carboxylic acids is 1. The van der Waals surface area contributed by atoms with Gasteiger partial charge in [0.05, 0.1) is 45.5 Å². The summed E-state index contributed by atoms with van der Waals surface area (Å²) in [5, 5.41) is 29.7. The Bertz CT molecular complexity index is 1800. The molecule has 2 saturated carbocycles. The second-order valence-electron chi connectivity index (χ2n) is 13.1. The number of carbonyl (C=O) groups is 1. The van der Waals surface area contributed by atoms with E-state index < -0.39 is 22.9 Å². The van der Waals surface area contributed by atoms with Gasteiger partial charge in [0, 0.05) is 23.3 Å². The van der Waals surface area contributed by atoms with Crippen LogP contribution in [0.3, 0.4) is 0 Å². The predicted molar refractivity (Wildman–Crippen MR) is 175 cm³/mol. The molecule has 0 saturated heterocycles. The van der Waals surface area contributed by atoms with E-state index in [-0.39, 0.29) is 18.1 Å². The Balaban J connectivity index is 1.38. The smallest absolute Gasteiger partial charge is 0.407 e. The number of halogens is 2. The largest absolute Gasteiger partial charge is 0.444 e.